The molecule has 105 valence electrons. The first-order valence-corrected chi connectivity index (χ1v) is 7.87. The van der Waals surface area contributed by atoms with E-state index in [0.29, 0.717) is 13.0 Å². The molecule has 0 amide bonds. The number of benzene rings is 2. The Bertz CT molecular complexity index is 637. The number of nitrogens with one attached hydrogen (secondary N) is 1. The maximum absolute atomic E-state index is 11.9. The smallest absolute Gasteiger partial charge is 0.240 e. The van der Waals surface area contributed by atoms with Crippen LogP contribution in [0, 0.1) is 0 Å². The Hall–Kier alpha value is -1.85. The highest BCUT2D eigenvalue weighted by Crippen LogP contribution is 2.12. The van der Waals surface area contributed by atoms with Crippen LogP contribution in [0.1, 0.15) is 12.0 Å². The SMILES string of the molecule is [O]c1ccc(CCCNS(=O)(=O)c2ccccc2)cc1. The first-order valence-electron chi connectivity index (χ1n) is 6.38. The van der Waals surface area contributed by atoms with Gasteiger partial charge in [-0.15, -0.1) is 0 Å². The second kappa shape index (κ2) is 6.54. The largest absolute Gasteiger partial charge is 0.290 e. The van der Waals surface area contributed by atoms with Crippen LogP contribution in [0.2, 0.25) is 0 Å². The van der Waals surface area contributed by atoms with Gasteiger partial charge in [0.25, 0.3) is 0 Å². The molecule has 0 aliphatic rings. The van der Waals surface area contributed by atoms with E-state index in [1.54, 1.807) is 42.5 Å². The second-order valence-corrected chi connectivity index (χ2v) is 6.23. The van der Waals surface area contributed by atoms with Crippen LogP contribution >= 0.6 is 0 Å². The van der Waals surface area contributed by atoms with Gasteiger partial charge in [-0.05, 0) is 42.7 Å². The van der Waals surface area contributed by atoms with Crippen LogP contribution in [-0.2, 0) is 21.6 Å². The van der Waals surface area contributed by atoms with Gasteiger partial charge in [-0.3, -0.25) is 5.11 Å². The van der Waals surface area contributed by atoms with E-state index in [-0.39, 0.29) is 10.6 Å². The quantitative estimate of drug-likeness (QED) is 0.831. The van der Waals surface area contributed by atoms with Crippen LogP contribution in [0.5, 0.6) is 5.75 Å². The van der Waals surface area contributed by atoms with E-state index in [0.717, 1.165) is 12.0 Å². The van der Waals surface area contributed by atoms with Gasteiger partial charge in [0.2, 0.25) is 10.0 Å². The van der Waals surface area contributed by atoms with Gasteiger partial charge in [-0.2, -0.15) is 0 Å². The van der Waals surface area contributed by atoms with Crippen LogP contribution in [-0.4, -0.2) is 15.0 Å². The third-order valence-corrected chi connectivity index (χ3v) is 4.39. The summed E-state index contributed by atoms with van der Waals surface area (Å²) in [6.45, 7) is 0.371. The summed E-state index contributed by atoms with van der Waals surface area (Å²) in [6, 6.07) is 14.9. The Labute approximate surface area is 119 Å². The molecule has 0 saturated heterocycles. The zero-order valence-electron chi connectivity index (χ0n) is 11.0. The summed E-state index contributed by atoms with van der Waals surface area (Å²) in [7, 11) is -3.42. The zero-order chi connectivity index (χ0) is 14.4. The van der Waals surface area contributed by atoms with E-state index in [4.69, 9.17) is 0 Å². The fraction of sp³-hybridized carbons (Fsp3) is 0.200. The molecule has 4 nitrogen and oxygen atoms in total. The van der Waals surface area contributed by atoms with E-state index >= 15 is 0 Å². The molecular weight excluding hydrogens is 274 g/mol. The highest BCUT2D eigenvalue weighted by Gasteiger charge is 2.11. The Kier molecular flexibility index (Phi) is 4.76. The van der Waals surface area contributed by atoms with Crippen molar-refractivity contribution >= 4 is 10.0 Å². The highest BCUT2D eigenvalue weighted by molar-refractivity contribution is 7.89. The van der Waals surface area contributed by atoms with Crippen molar-refractivity contribution in [3.05, 3.63) is 60.2 Å². The van der Waals surface area contributed by atoms with Crippen LogP contribution in [0.15, 0.2) is 59.5 Å². The number of rotatable bonds is 6. The summed E-state index contributed by atoms with van der Waals surface area (Å²) in [5, 5.41) is 10.9. The lowest BCUT2D eigenvalue weighted by Gasteiger charge is -2.06. The lowest BCUT2D eigenvalue weighted by Crippen LogP contribution is -2.25. The Morgan fingerprint density at radius 3 is 2.20 bits per heavy atom. The predicted octanol–water partition coefficient (Wildman–Crippen LogP) is 2.74. The summed E-state index contributed by atoms with van der Waals surface area (Å²) < 4.78 is 26.4. The van der Waals surface area contributed by atoms with Gasteiger partial charge >= 0.3 is 0 Å². The standard InChI is InChI=1S/C15H16NO3S/c17-14-10-8-13(9-11-14)5-4-12-16-20(18,19)15-6-2-1-3-7-15/h1-3,6-11,16H,4-5,12H2. The van der Waals surface area contributed by atoms with Gasteiger partial charge in [-0.25, -0.2) is 13.1 Å². The molecule has 0 fully saturated rings. The van der Waals surface area contributed by atoms with E-state index in [2.05, 4.69) is 4.72 Å². The summed E-state index contributed by atoms with van der Waals surface area (Å²) in [5.74, 6) is -0.0152. The van der Waals surface area contributed by atoms with Crippen LogP contribution in [0.25, 0.3) is 0 Å². The van der Waals surface area contributed by atoms with Gasteiger partial charge in [0.05, 0.1) is 4.90 Å². The van der Waals surface area contributed by atoms with Crippen molar-refractivity contribution in [3.63, 3.8) is 0 Å². The van der Waals surface area contributed by atoms with Crippen molar-refractivity contribution in [2.45, 2.75) is 17.7 Å². The lowest BCUT2D eigenvalue weighted by atomic mass is 10.1. The summed E-state index contributed by atoms with van der Waals surface area (Å²) in [6.07, 6.45) is 1.42. The molecule has 20 heavy (non-hydrogen) atoms. The molecule has 0 aromatic heterocycles. The van der Waals surface area contributed by atoms with Gasteiger partial charge in [0, 0.05) is 6.54 Å². The molecule has 0 heterocycles. The molecule has 2 aromatic carbocycles. The molecule has 5 heteroatoms. The number of sulfonamides is 1. The Morgan fingerprint density at radius 2 is 1.55 bits per heavy atom. The maximum atomic E-state index is 11.9. The third-order valence-electron chi connectivity index (χ3n) is 2.91. The number of hydrogen-bond donors (Lipinski definition) is 1. The Balaban J connectivity index is 1.83. The molecule has 2 rings (SSSR count). The highest BCUT2D eigenvalue weighted by atomic mass is 32.2. The van der Waals surface area contributed by atoms with Gasteiger partial charge < -0.3 is 0 Å². The van der Waals surface area contributed by atoms with Crippen LogP contribution < -0.4 is 4.72 Å². The molecule has 0 atom stereocenters. The molecule has 0 bridgehead atoms. The molecule has 2 aromatic rings. The number of aryl methyl sites for hydroxylation is 1. The minimum atomic E-state index is -3.42. The maximum Gasteiger partial charge on any atom is 0.240 e. The molecule has 0 aliphatic heterocycles. The van der Waals surface area contributed by atoms with Crippen molar-refractivity contribution in [1.29, 1.82) is 0 Å². The van der Waals surface area contributed by atoms with Crippen molar-refractivity contribution in [2.24, 2.45) is 0 Å². The molecule has 0 saturated carbocycles. The van der Waals surface area contributed by atoms with Crippen molar-refractivity contribution in [2.75, 3.05) is 6.54 Å². The lowest BCUT2D eigenvalue weighted by molar-refractivity contribution is 0.355. The second-order valence-electron chi connectivity index (χ2n) is 4.46. The van der Waals surface area contributed by atoms with E-state index < -0.39 is 10.0 Å². The topological polar surface area (TPSA) is 66.1 Å². The first kappa shape index (κ1) is 14.6. The summed E-state index contributed by atoms with van der Waals surface area (Å²) in [4.78, 5) is 0.274. The van der Waals surface area contributed by atoms with E-state index in [1.807, 2.05) is 0 Å². The summed E-state index contributed by atoms with van der Waals surface area (Å²) >= 11 is 0. The van der Waals surface area contributed by atoms with Crippen molar-refractivity contribution in [3.8, 4) is 5.75 Å². The summed E-state index contributed by atoms with van der Waals surface area (Å²) in [5.41, 5.74) is 1.03. The van der Waals surface area contributed by atoms with Crippen molar-refractivity contribution < 1.29 is 13.5 Å². The minimum absolute atomic E-state index is 0.0152. The minimum Gasteiger partial charge on any atom is -0.290 e. The molecule has 0 aliphatic carbocycles. The predicted molar refractivity (Wildman–Crippen MR) is 76.5 cm³/mol. The molecule has 0 unspecified atom stereocenters. The fourth-order valence-electron chi connectivity index (χ4n) is 1.84. The van der Waals surface area contributed by atoms with Gasteiger partial charge in [0.15, 0.2) is 5.75 Å². The van der Waals surface area contributed by atoms with Crippen LogP contribution in [0.3, 0.4) is 0 Å². The van der Waals surface area contributed by atoms with Crippen LogP contribution in [0.4, 0.5) is 0 Å². The molecule has 1 N–H and O–H groups in total. The number of hydrogen-bond acceptors (Lipinski definition) is 2. The average Bonchev–Trinajstić information content (AvgIpc) is 2.46. The zero-order valence-corrected chi connectivity index (χ0v) is 11.8. The molecular formula is C15H16NO3S. The normalized spacial score (nSPS) is 11.4. The Morgan fingerprint density at radius 1 is 0.900 bits per heavy atom. The van der Waals surface area contributed by atoms with Gasteiger partial charge in [0.1, 0.15) is 0 Å². The first-order chi connectivity index (χ1) is 9.58. The van der Waals surface area contributed by atoms with E-state index in [1.165, 1.54) is 12.1 Å². The molecule has 0 spiro atoms. The average molecular weight is 290 g/mol. The monoisotopic (exact) mass is 290 g/mol. The fourth-order valence-corrected chi connectivity index (χ4v) is 2.93. The van der Waals surface area contributed by atoms with Crippen molar-refractivity contribution in [1.82, 2.24) is 4.72 Å². The third kappa shape index (κ3) is 4.08. The van der Waals surface area contributed by atoms with Gasteiger partial charge in [-0.1, -0.05) is 30.3 Å². The van der Waals surface area contributed by atoms with E-state index in [9.17, 15) is 13.5 Å². The molecule has 1 radical (unpaired) electrons.